The van der Waals surface area contributed by atoms with E-state index in [9.17, 15) is 18.7 Å². The summed E-state index contributed by atoms with van der Waals surface area (Å²) in [6.07, 6.45) is -0.532. The van der Waals surface area contributed by atoms with E-state index >= 15 is 0 Å². The molecule has 92 valence electrons. The van der Waals surface area contributed by atoms with Gasteiger partial charge in [0.05, 0.1) is 0 Å². The summed E-state index contributed by atoms with van der Waals surface area (Å²) < 4.78 is 26.1. The van der Waals surface area contributed by atoms with Gasteiger partial charge in [-0.1, -0.05) is 31.2 Å². The van der Waals surface area contributed by atoms with Crippen molar-refractivity contribution in [2.24, 2.45) is 0 Å². The number of hydrogen-bond donors (Lipinski definition) is 1. The molecule has 17 heavy (non-hydrogen) atoms. The number of alkyl halides is 2. The lowest BCUT2D eigenvalue weighted by Gasteiger charge is -2.45. The highest BCUT2D eigenvalue weighted by atomic mass is 19.3. The van der Waals surface area contributed by atoms with Crippen LogP contribution in [0.1, 0.15) is 30.9 Å². The summed E-state index contributed by atoms with van der Waals surface area (Å²) in [5.74, 6) is -4.00. The molecule has 2 nitrogen and oxygen atoms in total. The highest BCUT2D eigenvalue weighted by Crippen LogP contribution is 2.54. The van der Waals surface area contributed by atoms with Gasteiger partial charge >= 0.3 is 5.97 Å². The molecule has 0 heterocycles. The van der Waals surface area contributed by atoms with Crippen LogP contribution in [0.2, 0.25) is 0 Å². The molecule has 1 aliphatic carbocycles. The zero-order valence-electron chi connectivity index (χ0n) is 9.54. The molecule has 1 fully saturated rings. The standard InChI is InChI=1S/C13H14F2O2/c1-2-9-5-3-4-6-10(9)12(11(16)17)7-13(14,15)8-12/h3-6H,2,7-8H2,1H3,(H,16,17). The lowest BCUT2D eigenvalue weighted by atomic mass is 9.61. The van der Waals surface area contributed by atoms with E-state index in [4.69, 9.17) is 0 Å². The maximum absolute atomic E-state index is 13.1. The van der Waals surface area contributed by atoms with Crippen molar-refractivity contribution in [1.29, 1.82) is 0 Å². The van der Waals surface area contributed by atoms with Crippen LogP contribution in [0.15, 0.2) is 24.3 Å². The second-order valence-electron chi connectivity index (χ2n) is 4.61. The van der Waals surface area contributed by atoms with Gasteiger partial charge in [-0.15, -0.1) is 0 Å². The smallest absolute Gasteiger partial charge is 0.314 e. The highest BCUT2D eigenvalue weighted by molar-refractivity contribution is 5.84. The molecule has 4 heteroatoms. The molecule has 1 aromatic carbocycles. The molecule has 0 aromatic heterocycles. The van der Waals surface area contributed by atoms with Crippen LogP contribution < -0.4 is 0 Å². The average molecular weight is 240 g/mol. The van der Waals surface area contributed by atoms with Crippen molar-refractivity contribution in [2.45, 2.75) is 37.5 Å². The molecule has 0 aliphatic heterocycles. The minimum atomic E-state index is -2.85. The lowest BCUT2D eigenvalue weighted by molar-refractivity contribution is -0.174. The topological polar surface area (TPSA) is 37.3 Å². The quantitative estimate of drug-likeness (QED) is 0.881. The van der Waals surface area contributed by atoms with E-state index in [1.165, 1.54) is 0 Å². The number of carbonyl (C=O) groups is 1. The van der Waals surface area contributed by atoms with Gasteiger partial charge in [-0.05, 0) is 17.5 Å². The zero-order chi connectivity index (χ0) is 12.7. The normalized spacial score (nSPS) is 20.6. The number of aliphatic carboxylic acids is 1. The van der Waals surface area contributed by atoms with E-state index in [1.54, 1.807) is 24.3 Å². The van der Waals surface area contributed by atoms with Gasteiger partial charge in [-0.3, -0.25) is 4.79 Å². The maximum atomic E-state index is 13.1. The summed E-state index contributed by atoms with van der Waals surface area (Å²) >= 11 is 0. The van der Waals surface area contributed by atoms with Gasteiger partial charge in [0.25, 0.3) is 5.92 Å². The fourth-order valence-corrected chi connectivity index (χ4v) is 2.58. The van der Waals surface area contributed by atoms with Crippen LogP contribution in [0, 0.1) is 0 Å². The van der Waals surface area contributed by atoms with E-state index in [-0.39, 0.29) is 0 Å². The number of carboxylic acids is 1. The second-order valence-corrected chi connectivity index (χ2v) is 4.61. The molecule has 1 aromatic rings. The SMILES string of the molecule is CCc1ccccc1C1(C(=O)O)CC(F)(F)C1. The molecule has 0 saturated heterocycles. The van der Waals surface area contributed by atoms with Crippen molar-refractivity contribution in [2.75, 3.05) is 0 Å². The van der Waals surface area contributed by atoms with Gasteiger partial charge < -0.3 is 5.11 Å². The van der Waals surface area contributed by atoms with Crippen molar-refractivity contribution in [3.05, 3.63) is 35.4 Å². The Bertz CT molecular complexity index is 446. The molecule has 0 unspecified atom stereocenters. The molecule has 1 N–H and O–H groups in total. The van der Waals surface area contributed by atoms with Crippen molar-refractivity contribution < 1.29 is 18.7 Å². The van der Waals surface area contributed by atoms with Crippen LogP contribution in [0.25, 0.3) is 0 Å². The number of benzene rings is 1. The van der Waals surface area contributed by atoms with E-state index in [0.29, 0.717) is 12.0 Å². The second kappa shape index (κ2) is 3.79. The third-order valence-corrected chi connectivity index (χ3v) is 3.44. The van der Waals surface area contributed by atoms with Crippen LogP contribution in [-0.2, 0) is 16.6 Å². The first kappa shape index (κ1) is 12.0. The first-order valence-electron chi connectivity index (χ1n) is 5.61. The molecule has 0 radical (unpaired) electrons. The van der Waals surface area contributed by atoms with Crippen LogP contribution in [0.4, 0.5) is 8.78 Å². The van der Waals surface area contributed by atoms with Crippen molar-refractivity contribution in [3.8, 4) is 0 Å². The third-order valence-electron chi connectivity index (χ3n) is 3.44. The summed E-state index contributed by atoms with van der Waals surface area (Å²) in [4.78, 5) is 11.3. The van der Waals surface area contributed by atoms with Gasteiger partial charge in [0.15, 0.2) is 0 Å². The Hall–Kier alpha value is -1.45. The summed E-state index contributed by atoms with van der Waals surface area (Å²) in [6, 6.07) is 6.96. The molecular formula is C13H14F2O2. The zero-order valence-corrected chi connectivity index (χ0v) is 9.54. The first-order valence-corrected chi connectivity index (χ1v) is 5.61. The molecule has 0 bridgehead atoms. The van der Waals surface area contributed by atoms with E-state index in [2.05, 4.69) is 0 Å². The Balaban J connectivity index is 2.46. The molecule has 0 atom stereocenters. The minimum absolute atomic E-state index is 0.543. The van der Waals surface area contributed by atoms with Crippen molar-refractivity contribution in [1.82, 2.24) is 0 Å². The Labute approximate surface area is 98.3 Å². The van der Waals surface area contributed by atoms with E-state index in [1.807, 2.05) is 6.92 Å². The van der Waals surface area contributed by atoms with Crippen molar-refractivity contribution >= 4 is 5.97 Å². The molecule has 0 spiro atoms. The molecule has 1 aliphatic rings. The van der Waals surface area contributed by atoms with Gasteiger partial charge in [0.2, 0.25) is 0 Å². The van der Waals surface area contributed by atoms with Crippen LogP contribution >= 0.6 is 0 Å². The van der Waals surface area contributed by atoms with Gasteiger partial charge in [0.1, 0.15) is 5.41 Å². The average Bonchev–Trinajstić information content (AvgIpc) is 2.25. The fraction of sp³-hybridized carbons (Fsp3) is 0.462. The van der Waals surface area contributed by atoms with E-state index < -0.39 is 30.1 Å². The number of hydrogen-bond acceptors (Lipinski definition) is 1. The van der Waals surface area contributed by atoms with Gasteiger partial charge in [-0.25, -0.2) is 8.78 Å². The lowest BCUT2D eigenvalue weighted by Crippen LogP contribution is -2.54. The Morgan fingerprint density at radius 2 is 1.94 bits per heavy atom. The number of halogens is 2. The monoisotopic (exact) mass is 240 g/mol. The largest absolute Gasteiger partial charge is 0.481 e. The van der Waals surface area contributed by atoms with Crippen LogP contribution in [0.5, 0.6) is 0 Å². The number of carboxylic acid groups (broad SMARTS) is 1. The highest BCUT2D eigenvalue weighted by Gasteiger charge is 2.62. The van der Waals surface area contributed by atoms with Crippen LogP contribution in [-0.4, -0.2) is 17.0 Å². The Morgan fingerprint density at radius 3 is 2.41 bits per heavy atom. The first-order chi connectivity index (χ1) is 7.91. The third kappa shape index (κ3) is 1.81. The Kier molecular flexibility index (Phi) is 2.68. The van der Waals surface area contributed by atoms with Gasteiger partial charge in [0, 0.05) is 12.8 Å². The fourth-order valence-electron chi connectivity index (χ4n) is 2.58. The van der Waals surface area contributed by atoms with Crippen LogP contribution in [0.3, 0.4) is 0 Å². The predicted molar refractivity (Wildman–Crippen MR) is 59.3 cm³/mol. The summed E-state index contributed by atoms with van der Waals surface area (Å²) in [7, 11) is 0. The minimum Gasteiger partial charge on any atom is -0.481 e. The summed E-state index contributed by atoms with van der Waals surface area (Å²) in [5, 5.41) is 9.26. The molecule has 0 amide bonds. The molecule has 2 rings (SSSR count). The number of rotatable bonds is 3. The predicted octanol–water partition coefficient (Wildman–Crippen LogP) is 3.00. The molecular weight excluding hydrogens is 226 g/mol. The Morgan fingerprint density at radius 1 is 1.35 bits per heavy atom. The van der Waals surface area contributed by atoms with E-state index in [0.717, 1.165) is 5.56 Å². The van der Waals surface area contributed by atoms with Gasteiger partial charge in [-0.2, -0.15) is 0 Å². The summed E-state index contributed by atoms with van der Waals surface area (Å²) in [5.41, 5.74) is -0.0119. The molecule has 1 saturated carbocycles. The number of aryl methyl sites for hydroxylation is 1. The van der Waals surface area contributed by atoms with Crippen molar-refractivity contribution in [3.63, 3.8) is 0 Å². The maximum Gasteiger partial charge on any atom is 0.314 e. The summed E-state index contributed by atoms with van der Waals surface area (Å²) in [6.45, 7) is 1.89.